The molecule has 0 atom stereocenters. The quantitative estimate of drug-likeness (QED) is 0.696. The van der Waals surface area contributed by atoms with Crippen molar-refractivity contribution in [1.82, 2.24) is 10.6 Å². The second kappa shape index (κ2) is 7.59. The first-order valence-corrected chi connectivity index (χ1v) is 5.82. The molecule has 0 saturated heterocycles. The predicted octanol–water partition coefficient (Wildman–Crippen LogP) is 0.814. The Morgan fingerprint density at radius 1 is 1.00 bits per heavy atom. The Morgan fingerprint density at radius 2 is 1.50 bits per heavy atom. The second-order valence-electron chi connectivity index (χ2n) is 6.28. The fourth-order valence-electron chi connectivity index (χ4n) is 1.11. The summed E-state index contributed by atoms with van der Waals surface area (Å²) < 4.78 is 0. The van der Waals surface area contributed by atoms with Crippen LogP contribution < -0.4 is 16.4 Å². The van der Waals surface area contributed by atoms with Crippen molar-refractivity contribution in [2.75, 3.05) is 13.1 Å². The average molecular weight is 280 g/mol. The van der Waals surface area contributed by atoms with Gasteiger partial charge in [0.05, 0.1) is 6.54 Å². The van der Waals surface area contributed by atoms with Crippen LogP contribution >= 0.6 is 12.4 Å². The molecule has 0 heterocycles. The highest BCUT2D eigenvalue weighted by Gasteiger charge is 2.17. The van der Waals surface area contributed by atoms with Gasteiger partial charge in [-0.05, 0) is 19.3 Å². The number of rotatable bonds is 5. The molecular weight excluding hydrogens is 254 g/mol. The summed E-state index contributed by atoms with van der Waals surface area (Å²) in [6, 6.07) is 0. The van der Waals surface area contributed by atoms with Crippen LogP contribution in [0.15, 0.2) is 0 Å². The Kier molecular flexibility index (Phi) is 8.23. The van der Waals surface area contributed by atoms with E-state index in [9.17, 15) is 9.59 Å². The fourth-order valence-corrected chi connectivity index (χ4v) is 1.11. The highest BCUT2D eigenvalue weighted by atomic mass is 35.5. The van der Waals surface area contributed by atoms with Gasteiger partial charge in [-0.3, -0.25) is 9.59 Å². The van der Waals surface area contributed by atoms with Crippen LogP contribution in [0.4, 0.5) is 0 Å². The summed E-state index contributed by atoms with van der Waals surface area (Å²) >= 11 is 0. The molecule has 108 valence electrons. The van der Waals surface area contributed by atoms with E-state index in [1.807, 2.05) is 34.6 Å². The number of hydrogen-bond donors (Lipinski definition) is 3. The Hall–Kier alpha value is -0.810. The maximum Gasteiger partial charge on any atom is 0.239 e. The Balaban J connectivity index is 0. The minimum Gasteiger partial charge on any atom is -0.353 e. The summed E-state index contributed by atoms with van der Waals surface area (Å²) in [5.74, 6) is -0.328. The molecule has 4 N–H and O–H groups in total. The fraction of sp³-hybridized carbons (Fsp3) is 0.833. The first-order chi connectivity index (χ1) is 7.49. The highest BCUT2D eigenvalue weighted by molar-refractivity contribution is 5.85. The lowest BCUT2D eigenvalue weighted by molar-refractivity contribution is -0.127. The molecule has 0 aliphatic carbocycles. The number of carbonyl (C=O) groups excluding carboxylic acids is 2. The topological polar surface area (TPSA) is 84.2 Å². The van der Waals surface area contributed by atoms with E-state index in [0.29, 0.717) is 13.0 Å². The van der Waals surface area contributed by atoms with Crippen LogP contribution in [0, 0.1) is 5.41 Å². The van der Waals surface area contributed by atoms with Gasteiger partial charge < -0.3 is 16.4 Å². The number of nitrogens with one attached hydrogen (secondary N) is 2. The minimum absolute atomic E-state index is 0. The third-order valence-corrected chi connectivity index (χ3v) is 1.88. The van der Waals surface area contributed by atoms with E-state index in [-0.39, 0.29) is 36.2 Å². The smallest absolute Gasteiger partial charge is 0.239 e. The summed E-state index contributed by atoms with van der Waals surface area (Å²) in [4.78, 5) is 22.8. The van der Waals surface area contributed by atoms with Crippen molar-refractivity contribution in [3.05, 3.63) is 0 Å². The van der Waals surface area contributed by atoms with Gasteiger partial charge in [0.15, 0.2) is 0 Å². The molecule has 0 bridgehead atoms. The Morgan fingerprint density at radius 3 is 1.89 bits per heavy atom. The maximum absolute atomic E-state index is 11.4. The van der Waals surface area contributed by atoms with Gasteiger partial charge in [0, 0.05) is 18.5 Å². The molecule has 6 heteroatoms. The summed E-state index contributed by atoms with van der Waals surface area (Å²) in [7, 11) is 0. The molecule has 0 saturated carbocycles. The lowest BCUT2D eigenvalue weighted by Crippen LogP contribution is -2.47. The standard InChI is InChI=1S/C12H25N3O2.ClH/c1-11(2,3)6-9(16)14-7-10(17)15-8-12(4,5)13;/h6-8,13H2,1-5H3,(H,14,16)(H,15,17);1H. The van der Waals surface area contributed by atoms with Crippen LogP contribution in [0.25, 0.3) is 0 Å². The first kappa shape index (κ1) is 19.5. The van der Waals surface area contributed by atoms with Crippen molar-refractivity contribution in [3.63, 3.8) is 0 Å². The van der Waals surface area contributed by atoms with Gasteiger partial charge in [-0.25, -0.2) is 0 Å². The number of nitrogens with two attached hydrogens (primary N) is 1. The van der Waals surface area contributed by atoms with Gasteiger partial charge in [-0.2, -0.15) is 0 Å². The molecular formula is C12H26ClN3O2. The van der Waals surface area contributed by atoms with Crippen molar-refractivity contribution < 1.29 is 9.59 Å². The van der Waals surface area contributed by atoms with Crippen LogP contribution in [0.1, 0.15) is 41.0 Å². The lowest BCUT2D eigenvalue weighted by atomic mass is 9.92. The maximum atomic E-state index is 11.4. The molecule has 0 aliphatic heterocycles. The molecule has 0 unspecified atom stereocenters. The molecule has 0 aromatic rings. The van der Waals surface area contributed by atoms with Gasteiger partial charge in [0.2, 0.25) is 11.8 Å². The average Bonchev–Trinajstić information content (AvgIpc) is 2.07. The number of hydrogen-bond acceptors (Lipinski definition) is 3. The monoisotopic (exact) mass is 279 g/mol. The minimum atomic E-state index is -0.439. The Bertz CT molecular complexity index is 280. The van der Waals surface area contributed by atoms with Gasteiger partial charge in [0.1, 0.15) is 0 Å². The summed E-state index contributed by atoms with van der Waals surface area (Å²) in [5.41, 5.74) is 5.21. The van der Waals surface area contributed by atoms with E-state index in [4.69, 9.17) is 5.73 Å². The van der Waals surface area contributed by atoms with E-state index >= 15 is 0 Å². The van der Waals surface area contributed by atoms with E-state index in [1.54, 1.807) is 0 Å². The summed E-state index contributed by atoms with van der Waals surface area (Å²) in [6.07, 6.45) is 0.405. The van der Waals surface area contributed by atoms with Crippen molar-refractivity contribution in [2.45, 2.75) is 46.6 Å². The lowest BCUT2D eigenvalue weighted by Gasteiger charge is -2.19. The highest BCUT2D eigenvalue weighted by Crippen LogP contribution is 2.17. The second-order valence-corrected chi connectivity index (χ2v) is 6.28. The van der Waals surface area contributed by atoms with E-state index in [0.717, 1.165) is 0 Å². The largest absolute Gasteiger partial charge is 0.353 e. The summed E-state index contributed by atoms with van der Waals surface area (Å²) in [6.45, 7) is 9.97. The van der Waals surface area contributed by atoms with Gasteiger partial charge in [0.25, 0.3) is 0 Å². The van der Waals surface area contributed by atoms with Gasteiger partial charge >= 0.3 is 0 Å². The third kappa shape index (κ3) is 13.3. The zero-order chi connectivity index (χ0) is 13.7. The van der Waals surface area contributed by atoms with Crippen LogP contribution in [0.5, 0.6) is 0 Å². The molecule has 0 spiro atoms. The molecule has 0 rings (SSSR count). The van der Waals surface area contributed by atoms with Crippen LogP contribution in [0.3, 0.4) is 0 Å². The predicted molar refractivity (Wildman–Crippen MR) is 75.6 cm³/mol. The molecule has 0 fully saturated rings. The van der Waals surface area contributed by atoms with Crippen LogP contribution in [-0.2, 0) is 9.59 Å². The zero-order valence-corrected chi connectivity index (χ0v) is 12.7. The van der Waals surface area contributed by atoms with E-state index in [2.05, 4.69) is 10.6 Å². The molecule has 0 radical (unpaired) electrons. The van der Waals surface area contributed by atoms with Gasteiger partial charge in [-0.15, -0.1) is 12.4 Å². The molecule has 5 nitrogen and oxygen atoms in total. The van der Waals surface area contributed by atoms with Crippen LogP contribution in [0.2, 0.25) is 0 Å². The normalized spacial score (nSPS) is 11.4. The molecule has 0 aromatic heterocycles. The van der Waals surface area contributed by atoms with E-state index in [1.165, 1.54) is 0 Å². The number of halogens is 1. The molecule has 0 aromatic carbocycles. The molecule has 0 aliphatic rings. The van der Waals surface area contributed by atoms with E-state index < -0.39 is 5.54 Å². The number of carbonyl (C=O) groups is 2. The Labute approximate surface area is 116 Å². The zero-order valence-electron chi connectivity index (χ0n) is 11.9. The number of amides is 2. The van der Waals surface area contributed by atoms with Gasteiger partial charge in [-0.1, -0.05) is 20.8 Å². The SMILES string of the molecule is CC(C)(C)CC(=O)NCC(=O)NCC(C)(C)N.Cl. The van der Waals surface area contributed by atoms with Crippen molar-refractivity contribution in [1.29, 1.82) is 0 Å². The van der Waals surface area contributed by atoms with Crippen LogP contribution in [-0.4, -0.2) is 30.4 Å². The first-order valence-electron chi connectivity index (χ1n) is 5.82. The van der Waals surface area contributed by atoms with Crippen molar-refractivity contribution in [3.8, 4) is 0 Å². The van der Waals surface area contributed by atoms with Crippen molar-refractivity contribution in [2.24, 2.45) is 11.1 Å². The molecule has 18 heavy (non-hydrogen) atoms. The molecule has 2 amide bonds. The third-order valence-electron chi connectivity index (χ3n) is 1.88. The summed E-state index contributed by atoms with van der Waals surface area (Å²) in [5, 5.41) is 5.25. The van der Waals surface area contributed by atoms with Crippen molar-refractivity contribution >= 4 is 24.2 Å².